The molecule has 0 atom stereocenters. The van der Waals surface area contributed by atoms with Crippen LogP contribution < -0.4 is 16.0 Å². The van der Waals surface area contributed by atoms with Crippen molar-refractivity contribution in [3.05, 3.63) is 361 Å². The maximum absolute atomic E-state index is 3.72. The topological polar surface area (TPSA) is 36.1 Å². The summed E-state index contributed by atoms with van der Waals surface area (Å²) in [6.07, 6.45) is 0. The van der Waals surface area contributed by atoms with E-state index in [1.54, 1.807) is 0 Å². The number of nitrogens with one attached hydrogen (secondary N) is 3. The molecule has 0 fully saturated rings. The Bertz CT molecular complexity index is 5460. The van der Waals surface area contributed by atoms with Gasteiger partial charge in [-0.25, -0.2) is 0 Å². The van der Waals surface area contributed by atoms with Gasteiger partial charge in [-0.05, 0) is 200 Å². The molecular formula is C93H75N3. The second-order valence-electron chi connectivity index (χ2n) is 27.5. The molecule has 15 aromatic carbocycles. The van der Waals surface area contributed by atoms with Gasteiger partial charge in [-0.2, -0.15) is 0 Å². The summed E-state index contributed by atoms with van der Waals surface area (Å²) in [5, 5.41) is 18.5. The van der Waals surface area contributed by atoms with Gasteiger partial charge in [0.2, 0.25) is 0 Å². The maximum Gasteiger partial charge on any atom is 0.0464 e. The van der Waals surface area contributed by atoms with Gasteiger partial charge < -0.3 is 16.0 Å². The lowest BCUT2D eigenvalue weighted by Crippen LogP contribution is -2.15. The van der Waals surface area contributed by atoms with Crippen molar-refractivity contribution in [2.45, 2.75) is 57.8 Å². The summed E-state index contributed by atoms with van der Waals surface area (Å²) in [4.78, 5) is 0. The van der Waals surface area contributed by atoms with Gasteiger partial charge in [-0.3, -0.25) is 0 Å². The zero-order valence-electron chi connectivity index (χ0n) is 55.2. The fourth-order valence-corrected chi connectivity index (χ4v) is 15.5. The highest BCUT2D eigenvalue weighted by Gasteiger charge is 2.38. The number of hydrogen-bond donors (Lipinski definition) is 3. The lowest BCUT2D eigenvalue weighted by atomic mass is 9.82. The fourth-order valence-electron chi connectivity index (χ4n) is 15.5. The van der Waals surface area contributed by atoms with E-state index in [1.165, 1.54) is 132 Å². The molecule has 3 heteroatoms. The number of anilines is 6. The monoisotopic (exact) mass is 1230 g/mol. The SMILES string of the molecule is CC1(C)c2ccccc2-c2ccc(Nc3ccc(-c4cccc5ccccc45)cc3)cc21.CC1(C)c2ccccc2-c2ccc(Nc3ccc(-c4ccccc4)c4ccccc34)cc21.CC1(C)c2ccccc2-c2ccc(Nc3ccc4cc(-c5ccccc5)ccc4c3)cc21. The highest BCUT2D eigenvalue weighted by Crippen LogP contribution is 2.52. The second-order valence-corrected chi connectivity index (χ2v) is 27.5. The van der Waals surface area contributed by atoms with Crippen LogP contribution in [0.15, 0.2) is 328 Å². The maximum atomic E-state index is 3.72. The van der Waals surface area contributed by atoms with Crippen LogP contribution in [0.2, 0.25) is 0 Å². The predicted molar refractivity (Wildman–Crippen MR) is 410 cm³/mol. The Balaban J connectivity index is 0.000000113. The normalized spacial score (nSPS) is 13.6. The van der Waals surface area contributed by atoms with Crippen molar-refractivity contribution >= 4 is 66.4 Å². The summed E-state index contributed by atoms with van der Waals surface area (Å²) in [6, 6.07) is 118. The zero-order chi connectivity index (χ0) is 65.1. The van der Waals surface area contributed by atoms with E-state index >= 15 is 0 Å². The molecule has 3 aliphatic carbocycles. The van der Waals surface area contributed by atoms with Crippen LogP contribution in [-0.2, 0) is 16.2 Å². The number of fused-ring (bicyclic) bond motifs is 12. The van der Waals surface area contributed by atoms with Crippen LogP contribution in [0.4, 0.5) is 34.1 Å². The van der Waals surface area contributed by atoms with Crippen LogP contribution in [-0.4, -0.2) is 0 Å². The van der Waals surface area contributed by atoms with Gasteiger partial charge in [0.15, 0.2) is 0 Å². The van der Waals surface area contributed by atoms with E-state index in [2.05, 4.69) is 385 Å². The summed E-state index contributed by atoms with van der Waals surface area (Å²) in [7, 11) is 0. The molecule has 0 saturated carbocycles. The van der Waals surface area contributed by atoms with Crippen molar-refractivity contribution in [2.24, 2.45) is 0 Å². The zero-order valence-corrected chi connectivity index (χ0v) is 55.2. The van der Waals surface area contributed by atoms with Crippen LogP contribution >= 0.6 is 0 Å². The molecule has 462 valence electrons. The molecule has 0 bridgehead atoms. The van der Waals surface area contributed by atoms with Gasteiger partial charge in [-0.1, -0.05) is 296 Å². The summed E-state index contributed by atoms with van der Waals surface area (Å²) in [5.41, 5.74) is 30.8. The molecule has 15 aromatic rings. The first-order chi connectivity index (χ1) is 46.8. The predicted octanol–water partition coefficient (Wildman–Crippen LogP) is 25.7. The number of rotatable bonds is 9. The van der Waals surface area contributed by atoms with E-state index in [9.17, 15) is 0 Å². The quantitative estimate of drug-likeness (QED) is 0.135. The van der Waals surface area contributed by atoms with E-state index < -0.39 is 0 Å². The molecule has 96 heavy (non-hydrogen) atoms. The highest BCUT2D eigenvalue weighted by molar-refractivity contribution is 6.05. The Morgan fingerprint density at radius 1 is 0.188 bits per heavy atom. The molecule has 18 rings (SSSR count). The van der Waals surface area contributed by atoms with E-state index in [0.717, 1.165) is 34.1 Å². The second kappa shape index (κ2) is 24.1. The average molecular weight is 1230 g/mol. The van der Waals surface area contributed by atoms with Crippen molar-refractivity contribution in [3.63, 3.8) is 0 Å². The smallest absolute Gasteiger partial charge is 0.0464 e. The number of hydrogen-bond acceptors (Lipinski definition) is 3. The first-order valence-electron chi connectivity index (χ1n) is 33.6. The Kier molecular flexibility index (Phi) is 14.9. The molecule has 0 unspecified atom stereocenters. The molecule has 0 amide bonds. The van der Waals surface area contributed by atoms with Crippen LogP contribution in [0.3, 0.4) is 0 Å². The average Bonchev–Trinajstić information content (AvgIpc) is 1.59. The molecule has 3 N–H and O–H groups in total. The molecular weight excluding hydrogens is 1160 g/mol. The van der Waals surface area contributed by atoms with Gasteiger partial charge in [0.05, 0.1) is 0 Å². The van der Waals surface area contributed by atoms with Gasteiger partial charge >= 0.3 is 0 Å². The van der Waals surface area contributed by atoms with Gasteiger partial charge in [0.25, 0.3) is 0 Å². The van der Waals surface area contributed by atoms with Gasteiger partial charge in [-0.15, -0.1) is 0 Å². The summed E-state index contributed by atoms with van der Waals surface area (Å²) in [6.45, 7) is 13.9. The molecule has 0 saturated heterocycles. The minimum atomic E-state index is 0.00283. The highest BCUT2D eigenvalue weighted by atomic mass is 14.9. The minimum Gasteiger partial charge on any atom is -0.356 e. The Labute approximate surface area is 564 Å². The van der Waals surface area contributed by atoms with Crippen molar-refractivity contribution in [1.29, 1.82) is 0 Å². The van der Waals surface area contributed by atoms with Crippen LogP contribution in [0, 0.1) is 0 Å². The van der Waals surface area contributed by atoms with E-state index in [0.29, 0.717) is 0 Å². The Hall–Kier alpha value is -11.5. The fraction of sp³-hybridized carbons (Fsp3) is 0.0968. The third-order valence-corrected chi connectivity index (χ3v) is 20.5. The molecule has 0 aromatic heterocycles. The molecule has 3 aliphatic rings. The molecule has 0 aliphatic heterocycles. The van der Waals surface area contributed by atoms with Crippen LogP contribution in [0.25, 0.3) is 99.1 Å². The molecule has 0 spiro atoms. The van der Waals surface area contributed by atoms with Gasteiger partial charge in [0.1, 0.15) is 0 Å². The number of benzene rings is 15. The first-order valence-corrected chi connectivity index (χ1v) is 33.6. The van der Waals surface area contributed by atoms with E-state index in [1.807, 2.05) is 0 Å². The van der Waals surface area contributed by atoms with Crippen LogP contribution in [0.5, 0.6) is 0 Å². The van der Waals surface area contributed by atoms with Gasteiger partial charge in [0, 0.05) is 55.8 Å². The first kappa shape index (κ1) is 59.5. The third kappa shape index (κ3) is 10.8. The minimum absolute atomic E-state index is 0.00283. The molecule has 0 heterocycles. The molecule has 3 nitrogen and oxygen atoms in total. The van der Waals surface area contributed by atoms with Crippen molar-refractivity contribution in [1.82, 2.24) is 0 Å². The van der Waals surface area contributed by atoms with Crippen molar-refractivity contribution in [2.75, 3.05) is 16.0 Å². The molecule has 0 radical (unpaired) electrons. The summed E-state index contributed by atoms with van der Waals surface area (Å²) < 4.78 is 0. The Morgan fingerprint density at radius 3 is 1.11 bits per heavy atom. The van der Waals surface area contributed by atoms with E-state index in [-0.39, 0.29) is 16.2 Å². The summed E-state index contributed by atoms with van der Waals surface area (Å²) in [5.74, 6) is 0. The third-order valence-electron chi connectivity index (χ3n) is 20.5. The van der Waals surface area contributed by atoms with E-state index in [4.69, 9.17) is 0 Å². The summed E-state index contributed by atoms with van der Waals surface area (Å²) >= 11 is 0. The Morgan fingerprint density at radius 2 is 0.542 bits per heavy atom. The lowest BCUT2D eigenvalue weighted by molar-refractivity contribution is 0.660. The largest absolute Gasteiger partial charge is 0.356 e. The standard InChI is InChI=1S/3C31H25N/c1-31(2)29-13-6-5-11-27(29)28-19-18-24(20-30(28)31)32-23-16-14-22(15-17-23)26-12-7-9-21-8-3-4-10-25(21)26;1-31(2)28-15-9-8-13-25(28)26-17-16-22(20-29(26)31)32-30-19-18-23(21-10-4-3-5-11-21)24-12-6-7-14-27(24)30;1-31(2)29-11-7-6-10-27(29)28-17-16-26(20-30(28)31)32-25-15-14-23-18-22(12-13-24(23)19-25)21-8-4-3-5-9-21/h3*3-20,32H,1-2H3. The van der Waals surface area contributed by atoms with Crippen molar-refractivity contribution in [3.8, 4) is 66.8 Å². The van der Waals surface area contributed by atoms with Crippen molar-refractivity contribution < 1.29 is 0 Å². The lowest BCUT2D eigenvalue weighted by Gasteiger charge is -2.22. The van der Waals surface area contributed by atoms with Crippen LogP contribution in [0.1, 0.15) is 74.9 Å².